The Balaban J connectivity index is 1.16. The topological polar surface area (TPSA) is 50.7 Å². The summed E-state index contributed by atoms with van der Waals surface area (Å²) in [7, 11) is 0. The standard InChI is InChI=1S/C32H34N4O2/c1-3-17-35(18-4-1)27-13-15-33-31(23-27)37-29-11-7-9-25(21-29)26-10-8-12-30(22-26)38-32-24-28(14-16-34-32)36-19-5-2-6-20-36/h7-16,21-24H,1-6,17-20H2. The summed E-state index contributed by atoms with van der Waals surface area (Å²) in [6.07, 6.45) is 11.2. The Kier molecular flexibility index (Phi) is 7.38. The molecule has 2 aliphatic heterocycles. The number of rotatable bonds is 7. The van der Waals surface area contributed by atoms with Crippen LogP contribution < -0.4 is 19.3 Å². The van der Waals surface area contributed by atoms with Gasteiger partial charge in [-0.25, -0.2) is 9.97 Å². The van der Waals surface area contributed by atoms with Crippen molar-refractivity contribution < 1.29 is 9.47 Å². The molecule has 194 valence electrons. The highest BCUT2D eigenvalue weighted by Crippen LogP contribution is 2.32. The summed E-state index contributed by atoms with van der Waals surface area (Å²) in [5, 5.41) is 0. The zero-order chi connectivity index (χ0) is 25.6. The second kappa shape index (κ2) is 11.5. The number of aromatic nitrogens is 2. The third-order valence-corrected chi connectivity index (χ3v) is 7.33. The van der Waals surface area contributed by atoms with Crippen molar-refractivity contribution in [3.8, 4) is 34.4 Å². The molecular weight excluding hydrogens is 472 g/mol. The van der Waals surface area contributed by atoms with Gasteiger partial charge in [0.1, 0.15) is 11.5 Å². The van der Waals surface area contributed by atoms with E-state index in [4.69, 9.17) is 9.47 Å². The normalized spacial score (nSPS) is 15.8. The number of anilines is 2. The van der Waals surface area contributed by atoms with Crippen molar-refractivity contribution in [2.45, 2.75) is 38.5 Å². The fourth-order valence-electron chi connectivity index (χ4n) is 5.33. The van der Waals surface area contributed by atoms with Gasteiger partial charge in [-0.15, -0.1) is 0 Å². The molecular formula is C32H34N4O2. The van der Waals surface area contributed by atoms with E-state index in [0.29, 0.717) is 11.8 Å². The molecule has 4 aromatic rings. The lowest BCUT2D eigenvalue weighted by Crippen LogP contribution is -2.29. The number of hydrogen-bond acceptors (Lipinski definition) is 6. The van der Waals surface area contributed by atoms with Gasteiger partial charge in [0.05, 0.1) is 0 Å². The lowest BCUT2D eigenvalue weighted by atomic mass is 10.1. The van der Waals surface area contributed by atoms with Crippen LogP contribution >= 0.6 is 0 Å². The quantitative estimate of drug-likeness (QED) is 0.256. The highest BCUT2D eigenvalue weighted by Gasteiger charge is 2.14. The van der Waals surface area contributed by atoms with Crippen molar-refractivity contribution in [2.75, 3.05) is 36.0 Å². The van der Waals surface area contributed by atoms with Gasteiger partial charge in [0.15, 0.2) is 0 Å². The van der Waals surface area contributed by atoms with Gasteiger partial charge < -0.3 is 19.3 Å². The summed E-state index contributed by atoms with van der Waals surface area (Å²) < 4.78 is 12.4. The molecule has 6 nitrogen and oxygen atoms in total. The molecule has 0 radical (unpaired) electrons. The highest BCUT2D eigenvalue weighted by atomic mass is 16.5. The molecule has 6 rings (SSSR count). The van der Waals surface area contributed by atoms with Crippen molar-refractivity contribution >= 4 is 11.4 Å². The monoisotopic (exact) mass is 506 g/mol. The molecule has 0 N–H and O–H groups in total. The fourth-order valence-corrected chi connectivity index (χ4v) is 5.33. The minimum atomic E-state index is 0.613. The molecule has 0 atom stereocenters. The Hall–Kier alpha value is -4.06. The largest absolute Gasteiger partial charge is 0.439 e. The number of benzene rings is 2. The van der Waals surface area contributed by atoms with Crippen LogP contribution in [-0.4, -0.2) is 36.1 Å². The third kappa shape index (κ3) is 5.91. The zero-order valence-corrected chi connectivity index (χ0v) is 21.8. The zero-order valence-electron chi connectivity index (χ0n) is 21.8. The second-order valence-electron chi connectivity index (χ2n) is 10.1. The van der Waals surface area contributed by atoms with E-state index >= 15 is 0 Å². The maximum absolute atomic E-state index is 6.18. The first-order valence-electron chi connectivity index (χ1n) is 13.8. The fraction of sp³-hybridized carbons (Fsp3) is 0.312. The van der Waals surface area contributed by atoms with Gasteiger partial charge >= 0.3 is 0 Å². The third-order valence-electron chi connectivity index (χ3n) is 7.33. The average Bonchev–Trinajstić information content (AvgIpc) is 2.99. The van der Waals surface area contributed by atoms with Gasteiger partial charge in [-0.05, 0) is 86.1 Å². The maximum atomic E-state index is 6.18. The van der Waals surface area contributed by atoms with E-state index in [9.17, 15) is 0 Å². The first-order valence-corrected chi connectivity index (χ1v) is 13.8. The number of pyridine rings is 2. The number of ether oxygens (including phenoxy) is 2. The predicted molar refractivity (Wildman–Crippen MR) is 153 cm³/mol. The molecule has 0 spiro atoms. The molecule has 0 amide bonds. The molecule has 2 aromatic carbocycles. The smallest absolute Gasteiger partial charge is 0.221 e. The first-order chi connectivity index (χ1) is 18.8. The van der Waals surface area contributed by atoms with Crippen LogP contribution in [0.2, 0.25) is 0 Å². The maximum Gasteiger partial charge on any atom is 0.221 e. The molecule has 0 aliphatic carbocycles. The van der Waals surface area contributed by atoms with Crippen LogP contribution in [0.1, 0.15) is 38.5 Å². The van der Waals surface area contributed by atoms with E-state index in [1.807, 2.05) is 60.9 Å². The van der Waals surface area contributed by atoms with Gasteiger partial charge in [0.25, 0.3) is 0 Å². The van der Waals surface area contributed by atoms with Crippen LogP contribution in [0.5, 0.6) is 23.3 Å². The van der Waals surface area contributed by atoms with Crippen molar-refractivity contribution in [1.82, 2.24) is 9.97 Å². The molecule has 0 unspecified atom stereocenters. The molecule has 0 saturated carbocycles. The van der Waals surface area contributed by atoms with Crippen molar-refractivity contribution in [3.63, 3.8) is 0 Å². The molecule has 2 aromatic heterocycles. The number of piperidine rings is 2. The summed E-state index contributed by atoms with van der Waals surface area (Å²) >= 11 is 0. The summed E-state index contributed by atoms with van der Waals surface area (Å²) in [4.78, 5) is 13.7. The van der Waals surface area contributed by atoms with Crippen molar-refractivity contribution in [1.29, 1.82) is 0 Å². The first kappa shape index (κ1) is 24.3. The average molecular weight is 507 g/mol. The van der Waals surface area contributed by atoms with E-state index in [-0.39, 0.29) is 0 Å². The number of nitrogens with zero attached hydrogens (tertiary/aromatic N) is 4. The molecule has 6 heteroatoms. The summed E-state index contributed by atoms with van der Waals surface area (Å²) in [6.45, 7) is 4.37. The Morgan fingerprint density at radius 2 is 0.947 bits per heavy atom. The minimum Gasteiger partial charge on any atom is -0.439 e. The van der Waals surface area contributed by atoms with E-state index in [2.05, 4.69) is 44.0 Å². The van der Waals surface area contributed by atoms with Gasteiger partial charge in [0, 0.05) is 62.1 Å². The Morgan fingerprint density at radius 3 is 1.39 bits per heavy atom. The van der Waals surface area contributed by atoms with Crippen LogP contribution in [0.25, 0.3) is 11.1 Å². The lowest BCUT2D eigenvalue weighted by Gasteiger charge is -2.28. The molecule has 38 heavy (non-hydrogen) atoms. The van der Waals surface area contributed by atoms with E-state index in [1.54, 1.807) is 0 Å². The van der Waals surface area contributed by atoms with E-state index in [1.165, 1.54) is 49.9 Å². The molecule has 0 bridgehead atoms. The van der Waals surface area contributed by atoms with Crippen LogP contribution in [-0.2, 0) is 0 Å². The Morgan fingerprint density at radius 1 is 0.500 bits per heavy atom. The van der Waals surface area contributed by atoms with Gasteiger partial charge in [-0.1, -0.05) is 24.3 Å². The number of hydrogen-bond donors (Lipinski definition) is 0. The predicted octanol–water partition coefficient (Wildman–Crippen LogP) is 7.71. The van der Waals surface area contributed by atoms with Gasteiger partial charge in [0.2, 0.25) is 11.8 Å². The lowest BCUT2D eigenvalue weighted by molar-refractivity contribution is 0.461. The van der Waals surface area contributed by atoms with Gasteiger partial charge in [-0.2, -0.15) is 0 Å². The summed E-state index contributed by atoms with van der Waals surface area (Å²) in [5.41, 5.74) is 4.45. The highest BCUT2D eigenvalue weighted by molar-refractivity contribution is 5.67. The minimum absolute atomic E-state index is 0.613. The van der Waals surface area contributed by atoms with Crippen LogP contribution in [0, 0.1) is 0 Å². The molecule has 4 heterocycles. The molecule has 2 saturated heterocycles. The summed E-state index contributed by atoms with van der Waals surface area (Å²) in [6, 6.07) is 24.4. The van der Waals surface area contributed by atoms with Gasteiger partial charge in [-0.3, -0.25) is 0 Å². The van der Waals surface area contributed by atoms with Crippen molar-refractivity contribution in [3.05, 3.63) is 85.2 Å². The van der Waals surface area contributed by atoms with E-state index < -0.39 is 0 Å². The second-order valence-corrected chi connectivity index (χ2v) is 10.1. The van der Waals surface area contributed by atoms with Crippen LogP contribution in [0.4, 0.5) is 11.4 Å². The van der Waals surface area contributed by atoms with Crippen LogP contribution in [0.3, 0.4) is 0 Å². The summed E-state index contributed by atoms with van der Waals surface area (Å²) in [5.74, 6) is 2.74. The Bertz CT molecular complexity index is 1260. The van der Waals surface area contributed by atoms with E-state index in [0.717, 1.165) is 48.8 Å². The van der Waals surface area contributed by atoms with Crippen LogP contribution in [0.15, 0.2) is 85.2 Å². The Labute approximate surface area is 224 Å². The van der Waals surface area contributed by atoms with Crippen molar-refractivity contribution in [2.24, 2.45) is 0 Å². The molecule has 2 fully saturated rings. The molecule has 2 aliphatic rings. The SMILES string of the molecule is c1cc(Oc2cc(N3CCCCC3)ccn2)cc(-c2cccc(Oc3cc(N4CCCCC4)ccn3)c2)c1.